The fourth-order valence-corrected chi connectivity index (χ4v) is 4.32. The maximum absolute atomic E-state index is 11.9. The third-order valence-electron chi connectivity index (χ3n) is 6.15. The standard InChI is InChI=1S/C20H23N5O4/c26-19-17(21-20(27)22-19)16-11-13-10-12(4-5-15(13)29-16)18(23-28)25-8-6-24(7-9-25)14-2-1-3-14/h4-5,10-11,14,17,28H,1-3,6-9H2,(H2,21,22,26,27)/b23-18-. The number of furan rings is 1. The monoisotopic (exact) mass is 397 g/mol. The van der Waals surface area contributed by atoms with Crippen LogP contribution in [0.2, 0.25) is 0 Å². The van der Waals surface area contributed by atoms with E-state index in [2.05, 4.69) is 25.6 Å². The van der Waals surface area contributed by atoms with Crippen LogP contribution in [-0.4, -0.2) is 65.0 Å². The number of imide groups is 1. The lowest BCUT2D eigenvalue weighted by molar-refractivity contribution is -0.120. The summed E-state index contributed by atoms with van der Waals surface area (Å²) in [6.07, 6.45) is 3.91. The van der Waals surface area contributed by atoms with Gasteiger partial charge in [0.25, 0.3) is 5.91 Å². The highest BCUT2D eigenvalue weighted by Crippen LogP contribution is 2.28. The Labute approximate surface area is 167 Å². The number of benzene rings is 1. The molecule has 2 aromatic rings. The van der Waals surface area contributed by atoms with Crippen LogP contribution in [0.5, 0.6) is 0 Å². The Balaban J connectivity index is 1.35. The molecule has 9 heteroatoms. The Kier molecular flexibility index (Phi) is 4.39. The lowest BCUT2D eigenvalue weighted by Crippen LogP contribution is -2.53. The van der Waals surface area contributed by atoms with Crippen LogP contribution in [0.25, 0.3) is 11.0 Å². The number of nitrogens with one attached hydrogen (secondary N) is 2. The number of nitrogens with zero attached hydrogens (tertiary/aromatic N) is 3. The van der Waals surface area contributed by atoms with Gasteiger partial charge in [-0.1, -0.05) is 11.6 Å². The maximum atomic E-state index is 11.9. The number of carbonyl (C=O) groups excluding carboxylic acids is 2. The predicted octanol–water partition coefficient (Wildman–Crippen LogP) is 1.62. The van der Waals surface area contributed by atoms with Crippen molar-refractivity contribution in [1.82, 2.24) is 20.4 Å². The van der Waals surface area contributed by atoms with Crippen LogP contribution in [0, 0.1) is 0 Å². The van der Waals surface area contributed by atoms with Crippen molar-refractivity contribution in [2.45, 2.75) is 31.3 Å². The van der Waals surface area contributed by atoms with Crippen molar-refractivity contribution in [3.63, 3.8) is 0 Å². The van der Waals surface area contributed by atoms with Crippen LogP contribution in [0.3, 0.4) is 0 Å². The first-order valence-electron chi connectivity index (χ1n) is 9.98. The van der Waals surface area contributed by atoms with Gasteiger partial charge in [0.15, 0.2) is 11.9 Å². The van der Waals surface area contributed by atoms with E-state index < -0.39 is 18.0 Å². The van der Waals surface area contributed by atoms with Crippen molar-refractivity contribution in [2.24, 2.45) is 5.16 Å². The van der Waals surface area contributed by atoms with Gasteiger partial charge in [0.1, 0.15) is 11.3 Å². The number of hydrogen-bond donors (Lipinski definition) is 3. The van der Waals surface area contributed by atoms with Gasteiger partial charge < -0.3 is 19.8 Å². The summed E-state index contributed by atoms with van der Waals surface area (Å²) in [5.74, 6) is 0.475. The number of carbonyl (C=O) groups is 2. The van der Waals surface area contributed by atoms with Crippen LogP contribution in [0.15, 0.2) is 33.8 Å². The Morgan fingerprint density at radius 2 is 1.93 bits per heavy atom. The normalized spacial score (nSPS) is 23.9. The molecule has 0 spiro atoms. The minimum Gasteiger partial charge on any atom is -0.458 e. The number of amides is 3. The Morgan fingerprint density at radius 1 is 1.14 bits per heavy atom. The van der Waals surface area contributed by atoms with Crippen molar-refractivity contribution in [2.75, 3.05) is 26.2 Å². The van der Waals surface area contributed by atoms with Crippen molar-refractivity contribution in [3.8, 4) is 0 Å². The zero-order valence-corrected chi connectivity index (χ0v) is 15.9. The number of rotatable bonds is 3. The molecule has 3 aliphatic rings. The summed E-state index contributed by atoms with van der Waals surface area (Å²) >= 11 is 0. The maximum Gasteiger partial charge on any atom is 0.322 e. The largest absolute Gasteiger partial charge is 0.458 e. The van der Waals surface area contributed by atoms with E-state index in [1.165, 1.54) is 19.3 Å². The molecule has 1 atom stereocenters. The van der Waals surface area contributed by atoms with E-state index in [0.717, 1.165) is 43.2 Å². The van der Waals surface area contributed by atoms with Gasteiger partial charge in [-0.05, 0) is 37.1 Å². The fourth-order valence-electron chi connectivity index (χ4n) is 4.32. The Hall–Kier alpha value is -3.07. The van der Waals surface area contributed by atoms with Crippen LogP contribution in [-0.2, 0) is 4.79 Å². The van der Waals surface area contributed by atoms with E-state index in [4.69, 9.17) is 4.42 Å². The first kappa shape index (κ1) is 18.0. The van der Waals surface area contributed by atoms with Crippen LogP contribution in [0.1, 0.15) is 36.6 Å². The van der Waals surface area contributed by atoms with Gasteiger partial charge in [-0.25, -0.2) is 4.79 Å². The molecule has 1 aliphatic carbocycles. The quantitative estimate of drug-likeness (QED) is 0.239. The minimum absolute atomic E-state index is 0.372. The highest BCUT2D eigenvalue weighted by atomic mass is 16.4. The van der Waals surface area contributed by atoms with E-state index in [-0.39, 0.29) is 0 Å². The molecule has 3 heterocycles. The van der Waals surface area contributed by atoms with Gasteiger partial charge in [-0.3, -0.25) is 15.0 Å². The number of piperazine rings is 1. The molecule has 1 saturated carbocycles. The van der Waals surface area contributed by atoms with E-state index in [0.29, 0.717) is 17.2 Å². The molecule has 3 N–H and O–H groups in total. The molecule has 152 valence electrons. The second-order valence-electron chi connectivity index (χ2n) is 7.83. The molecule has 3 fully saturated rings. The average molecular weight is 397 g/mol. The number of oxime groups is 1. The molecule has 29 heavy (non-hydrogen) atoms. The molecule has 1 aromatic heterocycles. The van der Waals surface area contributed by atoms with Crippen LogP contribution < -0.4 is 10.6 Å². The summed E-state index contributed by atoms with van der Waals surface area (Å²) in [5, 5.41) is 18.8. The van der Waals surface area contributed by atoms with Crippen molar-refractivity contribution in [3.05, 3.63) is 35.6 Å². The Morgan fingerprint density at radius 3 is 2.55 bits per heavy atom. The molecular weight excluding hydrogens is 374 g/mol. The average Bonchev–Trinajstić information content (AvgIpc) is 3.24. The summed E-state index contributed by atoms with van der Waals surface area (Å²) in [7, 11) is 0. The molecular formula is C20H23N5O4. The van der Waals surface area contributed by atoms with E-state index in [9.17, 15) is 14.8 Å². The molecule has 9 nitrogen and oxygen atoms in total. The third kappa shape index (κ3) is 3.21. The van der Waals surface area contributed by atoms with Crippen molar-refractivity contribution in [1.29, 1.82) is 0 Å². The zero-order valence-electron chi connectivity index (χ0n) is 15.9. The molecule has 1 aromatic carbocycles. The number of urea groups is 1. The molecule has 5 rings (SSSR count). The fraction of sp³-hybridized carbons (Fsp3) is 0.450. The second-order valence-corrected chi connectivity index (χ2v) is 7.83. The molecule has 3 amide bonds. The van der Waals surface area contributed by atoms with Gasteiger partial charge in [0, 0.05) is 43.2 Å². The van der Waals surface area contributed by atoms with Gasteiger partial charge in [0.2, 0.25) is 0 Å². The highest BCUT2D eigenvalue weighted by molar-refractivity contribution is 6.05. The summed E-state index contributed by atoms with van der Waals surface area (Å²) in [4.78, 5) is 27.9. The highest BCUT2D eigenvalue weighted by Gasteiger charge is 2.34. The van der Waals surface area contributed by atoms with Gasteiger partial charge in [-0.15, -0.1) is 0 Å². The van der Waals surface area contributed by atoms with Gasteiger partial charge >= 0.3 is 6.03 Å². The molecule has 0 bridgehead atoms. The number of hydrogen-bond acceptors (Lipinski definition) is 6. The topological polar surface area (TPSA) is 110 Å². The van der Waals surface area contributed by atoms with E-state index in [1.54, 1.807) is 12.1 Å². The van der Waals surface area contributed by atoms with Crippen molar-refractivity contribution < 1.29 is 19.2 Å². The SMILES string of the molecule is O=C1NC(=O)C(c2cc3cc(/C(=N/O)N4CCN(C5CCC5)CC4)ccc3o2)N1. The number of amidine groups is 1. The van der Waals surface area contributed by atoms with Crippen LogP contribution >= 0.6 is 0 Å². The summed E-state index contributed by atoms with van der Waals surface area (Å²) in [6, 6.07) is 6.61. The first-order chi connectivity index (χ1) is 14.1. The Bertz CT molecular complexity index is 988. The first-order valence-corrected chi connectivity index (χ1v) is 9.98. The lowest BCUT2D eigenvalue weighted by Gasteiger charge is -2.43. The van der Waals surface area contributed by atoms with Gasteiger partial charge in [-0.2, -0.15) is 0 Å². The third-order valence-corrected chi connectivity index (χ3v) is 6.15. The predicted molar refractivity (Wildman–Crippen MR) is 105 cm³/mol. The summed E-state index contributed by atoms with van der Waals surface area (Å²) in [6.45, 7) is 3.58. The van der Waals surface area contributed by atoms with Crippen LogP contribution in [0.4, 0.5) is 4.79 Å². The molecule has 0 radical (unpaired) electrons. The summed E-state index contributed by atoms with van der Waals surface area (Å²) in [5.41, 5.74) is 1.38. The van der Waals surface area contributed by atoms with E-state index in [1.807, 2.05) is 12.1 Å². The number of fused-ring (bicyclic) bond motifs is 1. The zero-order chi connectivity index (χ0) is 20.0. The molecule has 1 unspecified atom stereocenters. The van der Waals surface area contributed by atoms with Crippen molar-refractivity contribution >= 4 is 28.7 Å². The smallest absolute Gasteiger partial charge is 0.322 e. The summed E-state index contributed by atoms with van der Waals surface area (Å²) < 4.78 is 5.75. The minimum atomic E-state index is -0.830. The molecule has 2 aliphatic heterocycles. The second kappa shape index (κ2) is 7.07. The van der Waals surface area contributed by atoms with Gasteiger partial charge in [0.05, 0.1) is 0 Å². The van der Waals surface area contributed by atoms with E-state index >= 15 is 0 Å². The molecule has 2 saturated heterocycles. The lowest BCUT2D eigenvalue weighted by atomic mass is 9.91.